The Kier molecular flexibility index (Phi) is 3.09. The SMILES string of the molecule is CC(=O)N(C)[C@H]1CC[C@H](O)CC1. The van der Waals surface area contributed by atoms with Crippen LogP contribution in [0.1, 0.15) is 32.6 Å². The highest BCUT2D eigenvalue weighted by Crippen LogP contribution is 2.21. The van der Waals surface area contributed by atoms with Gasteiger partial charge in [0.15, 0.2) is 0 Å². The molecule has 0 atom stereocenters. The van der Waals surface area contributed by atoms with Gasteiger partial charge in [-0.1, -0.05) is 0 Å². The second kappa shape index (κ2) is 3.90. The molecule has 0 spiro atoms. The van der Waals surface area contributed by atoms with E-state index in [-0.39, 0.29) is 12.0 Å². The van der Waals surface area contributed by atoms with Gasteiger partial charge in [-0.3, -0.25) is 4.79 Å². The van der Waals surface area contributed by atoms with E-state index in [4.69, 9.17) is 0 Å². The van der Waals surface area contributed by atoms with Crippen LogP contribution in [0.25, 0.3) is 0 Å². The van der Waals surface area contributed by atoms with E-state index in [0.29, 0.717) is 6.04 Å². The molecular formula is C9H17NO2. The molecule has 0 heterocycles. The molecule has 1 aliphatic carbocycles. The van der Waals surface area contributed by atoms with Crippen LogP contribution in [-0.2, 0) is 4.79 Å². The molecule has 0 saturated heterocycles. The molecule has 1 aliphatic rings. The first-order valence-corrected chi connectivity index (χ1v) is 4.52. The Morgan fingerprint density at radius 1 is 1.33 bits per heavy atom. The van der Waals surface area contributed by atoms with Crippen LogP contribution in [0.3, 0.4) is 0 Å². The third kappa shape index (κ3) is 2.21. The van der Waals surface area contributed by atoms with E-state index in [1.165, 1.54) is 0 Å². The number of carbonyl (C=O) groups excluding carboxylic acids is 1. The number of hydrogen-bond acceptors (Lipinski definition) is 2. The minimum Gasteiger partial charge on any atom is -0.393 e. The number of amides is 1. The average Bonchev–Trinajstić information content (AvgIpc) is 2.04. The van der Waals surface area contributed by atoms with Gasteiger partial charge in [-0.2, -0.15) is 0 Å². The van der Waals surface area contributed by atoms with Crippen LogP contribution < -0.4 is 0 Å². The second-order valence-corrected chi connectivity index (χ2v) is 3.59. The lowest BCUT2D eigenvalue weighted by molar-refractivity contribution is -0.130. The standard InChI is InChI=1S/C9H17NO2/c1-7(11)10(2)8-3-5-9(12)6-4-8/h8-9,12H,3-6H2,1-2H3/t8-,9-. The lowest BCUT2D eigenvalue weighted by atomic mass is 9.92. The van der Waals surface area contributed by atoms with Crippen molar-refractivity contribution in [3.63, 3.8) is 0 Å². The van der Waals surface area contributed by atoms with Crippen molar-refractivity contribution >= 4 is 5.91 Å². The number of aliphatic hydroxyl groups is 1. The molecular weight excluding hydrogens is 154 g/mol. The fraction of sp³-hybridized carbons (Fsp3) is 0.889. The highest BCUT2D eigenvalue weighted by atomic mass is 16.3. The van der Waals surface area contributed by atoms with Gasteiger partial charge in [0.05, 0.1) is 6.10 Å². The highest BCUT2D eigenvalue weighted by molar-refractivity contribution is 5.73. The quantitative estimate of drug-likeness (QED) is 0.633. The van der Waals surface area contributed by atoms with Crippen molar-refractivity contribution in [2.45, 2.75) is 44.8 Å². The van der Waals surface area contributed by atoms with Crippen molar-refractivity contribution in [3.8, 4) is 0 Å². The summed E-state index contributed by atoms with van der Waals surface area (Å²) < 4.78 is 0. The number of carbonyl (C=O) groups is 1. The summed E-state index contributed by atoms with van der Waals surface area (Å²) in [5.41, 5.74) is 0. The second-order valence-electron chi connectivity index (χ2n) is 3.59. The number of aliphatic hydroxyl groups excluding tert-OH is 1. The predicted octanol–water partition coefficient (Wildman–Crippen LogP) is 0.768. The molecule has 0 aromatic carbocycles. The molecule has 0 bridgehead atoms. The predicted molar refractivity (Wildman–Crippen MR) is 46.7 cm³/mol. The van der Waals surface area contributed by atoms with Gasteiger partial charge in [0.2, 0.25) is 5.91 Å². The van der Waals surface area contributed by atoms with Crippen LogP contribution in [0.15, 0.2) is 0 Å². The molecule has 1 fully saturated rings. The van der Waals surface area contributed by atoms with Crippen molar-refractivity contribution < 1.29 is 9.90 Å². The Labute approximate surface area is 73.4 Å². The lowest BCUT2D eigenvalue weighted by Gasteiger charge is -2.32. The maximum atomic E-state index is 11.0. The largest absolute Gasteiger partial charge is 0.393 e. The van der Waals surface area contributed by atoms with E-state index in [2.05, 4.69) is 0 Å². The first-order valence-electron chi connectivity index (χ1n) is 4.52. The highest BCUT2D eigenvalue weighted by Gasteiger charge is 2.23. The fourth-order valence-corrected chi connectivity index (χ4v) is 1.70. The smallest absolute Gasteiger partial charge is 0.219 e. The molecule has 0 aromatic rings. The molecule has 1 rings (SSSR count). The van der Waals surface area contributed by atoms with Crippen LogP contribution in [0.4, 0.5) is 0 Å². The van der Waals surface area contributed by atoms with Gasteiger partial charge >= 0.3 is 0 Å². The minimum absolute atomic E-state index is 0.122. The molecule has 1 saturated carbocycles. The summed E-state index contributed by atoms with van der Waals surface area (Å²) in [7, 11) is 1.84. The Bertz CT molecular complexity index is 162. The van der Waals surface area contributed by atoms with Gasteiger partial charge in [0.25, 0.3) is 0 Å². The van der Waals surface area contributed by atoms with E-state index in [0.717, 1.165) is 25.7 Å². The number of nitrogens with zero attached hydrogens (tertiary/aromatic N) is 1. The first-order chi connectivity index (χ1) is 5.61. The summed E-state index contributed by atoms with van der Waals surface area (Å²) in [4.78, 5) is 12.8. The summed E-state index contributed by atoms with van der Waals surface area (Å²) in [6.07, 6.45) is 3.42. The molecule has 0 radical (unpaired) electrons. The first kappa shape index (κ1) is 9.52. The van der Waals surface area contributed by atoms with Crippen LogP contribution in [0.2, 0.25) is 0 Å². The van der Waals surface area contributed by atoms with Gasteiger partial charge in [-0.15, -0.1) is 0 Å². The van der Waals surface area contributed by atoms with Crippen molar-refractivity contribution in [2.24, 2.45) is 0 Å². The zero-order valence-corrected chi connectivity index (χ0v) is 7.79. The number of hydrogen-bond donors (Lipinski definition) is 1. The van der Waals surface area contributed by atoms with Crippen molar-refractivity contribution in [1.82, 2.24) is 4.90 Å². The zero-order valence-electron chi connectivity index (χ0n) is 7.79. The molecule has 1 N–H and O–H groups in total. The Morgan fingerprint density at radius 2 is 1.83 bits per heavy atom. The lowest BCUT2D eigenvalue weighted by Crippen LogP contribution is -2.39. The van der Waals surface area contributed by atoms with Crippen molar-refractivity contribution in [2.75, 3.05) is 7.05 Å². The van der Waals surface area contributed by atoms with Crippen LogP contribution >= 0.6 is 0 Å². The Hall–Kier alpha value is -0.570. The van der Waals surface area contributed by atoms with E-state index in [9.17, 15) is 9.90 Å². The Balaban J connectivity index is 2.39. The van der Waals surface area contributed by atoms with Gasteiger partial charge in [0.1, 0.15) is 0 Å². The minimum atomic E-state index is -0.137. The molecule has 1 amide bonds. The molecule has 3 heteroatoms. The average molecular weight is 171 g/mol. The molecule has 0 aromatic heterocycles. The van der Waals surface area contributed by atoms with Crippen LogP contribution in [-0.4, -0.2) is 35.1 Å². The zero-order chi connectivity index (χ0) is 9.14. The summed E-state index contributed by atoms with van der Waals surface area (Å²) >= 11 is 0. The van der Waals surface area contributed by atoms with E-state index in [1.807, 2.05) is 7.05 Å². The van der Waals surface area contributed by atoms with Crippen molar-refractivity contribution in [3.05, 3.63) is 0 Å². The molecule has 70 valence electrons. The van der Waals surface area contributed by atoms with Crippen LogP contribution in [0, 0.1) is 0 Å². The maximum Gasteiger partial charge on any atom is 0.219 e. The summed E-state index contributed by atoms with van der Waals surface area (Å²) in [6, 6.07) is 0.353. The van der Waals surface area contributed by atoms with E-state index in [1.54, 1.807) is 11.8 Å². The molecule has 0 aliphatic heterocycles. The summed E-state index contributed by atoms with van der Waals surface area (Å²) in [5, 5.41) is 9.24. The normalized spacial score (nSPS) is 29.9. The third-order valence-electron chi connectivity index (χ3n) is 2.71. The summed E-state index contributed by atoms with van der Waals surface area (Å²) in [6.45, 7) is 1.59. The van der Waals surface area contributed by atoms with E-state index < -0.39 is 0 Å². The van der Waals surface area contributed by atoms with Gasteiger partial charge in [-0.25, -0.2) is 0 Å². The third-order valence-corrected chi connectivity index (χ3v) is 2.71. The summed E-state index contributed by atoms with van der Waals surface area (Å²) in [5.74, 6) is 0.122. The van der Waals surface area contributed by atoms with E-state index >= 15 is 0 Å². The van der Waals surface area contributed by atoms with Crippen molar-refractivity contribution in [1.29, 1.82) is 0 Å². The molecule has 3 nitrogen and oxygen atoms in total. The topological polar surface area (TPSA) is 40.5 Å². The monoisotopic (exact) mass is 171 g/mol. The molecule has 0 unspecified atom stereocenters. The maximum absolute atomic E-state index is 11.0. The Morgan fingerprint density at radius 3 is 2.25 bits per heavy atom. The molecule has 12 heavy (non-hydrogen) atoms. The number of rotatable bonds is 1. The van der Waals surface area contributed by atoms with Gasteiger partial charge in [0, 0.05) is 20.0 Å². The van der Waals surface area contributed by atoms with Gasteiger partial charge in [-0.05, 0) is 25.7 Å². The van der Waals surface area contributed by atoms with Crippen LogP contribution in [0.5, 0.6) is 0 Å². The fourth-order valence-electron chi connectivity index (χ4n) is 1.70. The van der Waals surface area contributed by atoms with Gasteiger partial charge < -0.3 is 10.0 Å².